The molecule has 1 aliphatic carbocycles. The van der Waals surface area contributed by atoms with Gasteiger partial charge < -0.3 is 21.1 Å². The van der Waals surface area contributed by atoms with Crippen molar-refractivity contribution in [2.45, 2.75) is 58.4 Å². The number of carbonyl (C=O) groups is 2. The fourth-order valence-corrected chi connectivity index (χ4v) is 3.46. The smallest absolute Gasteiger partial charge is 0.319 e. The van der Waals surface area contributed by atoms with Gasteiger partial charge in [-0.3, -0.25) is 4.79 Å². The summed E-state index contributed by atoms with van der Waals surface area (Å²) in [5, 5.41) is 18.3. The normalized spacial score (nSPS) is 17.4. The molecule has 1 saturated carbocycles. The van der Waals surface area contributed by atoms with Crippen LogP contribution in [0.1, 0.15) is 51.5 Å². The minimum absolute atomic E-state index is 0.0872. The highest BCUT2D eigenvalue weighted by Gasteiger charge is 2.35. The first-order valence-corrected chi connectivity index (χ1v) is 8.92. The maximum absolute atomic E-state index is 12.4. The molecule has 1 atom stereocenters. The second kappa shape index (κ2) is 8.34. The van der Waals surface area contributed by atoms with E-state index in [1.807, 2.05) is 19.9 Å². The molecule has 1 aromatic rings. The predicted octanol–water partition coefficient (Wildman–Crippen LogP) is 3.41. The molecular weight excluding hydrogens is 318 g/mol. The fourth-order valence-electron chi connectivity index (χ4n) is 3.46. The lowest BCUT2D eigenvalue weighted by Crippen LogP contribution is -2.55. The highest BCUT2D eigenvalue weighted by Crippen LogP contribution is 2.32. The van der Waals surface area contributed by atoms with Gasteiger partial charge in [-0.25, -0.2) is 4.79 Å². The number of nitrogens with one attached hydrogen (secondary N) is 3. The minimum Gasteiger partial charge on any atom is -0.394 e. The largest absolute Gasteiger partial charge is 0.394 e. The molecule has 3 amide bonds. The number of hydrogen-bond donors (Lipinski definition) is 4. The van der Waals surface area contributed by atoms with E-state index in [0.29, 0.717) is 11.4 Å². The van der Waals surface area contributed by atoms with Crippen LogP contribution >= 0.6 is 0 Å². The second-order valence-corrected chi connectivity index (χ2v) is 7.20. The van der Waals surface area contributed by atoms with Crippen molar-refractivity contribution in [2.75, 3.05) is 17.2 Å². The number of benzene rings is 1. The Morgan fingerprint density at radius 1 is 1.20 bits per heavy atom. The number of aliphatic hydroxyl groups excluding tert-OH is 1. The number of carbonyl (C=O) groups excluding carboxylic acids is 2. The van der Waals surface area contributed by atoms with Crippen LogP contribution in [0.3, 0.4) is 0 Å². The van der Waals surface area contributed by atoms with Crippen LogP contribution in [-0.2, 0) is 4.79 Å². The van der Waals surface area contributed by atoms with E-state index in [1.165, 1.54) is 13.3 Å². The van der Waals surface area contributed by atoms with Gasteiger partial charge in [-0.2, -0.15) is 0 Å². The molecule has 1 fully saturated rings. The molecule has 0 radical (unpaired) electrons. The molecule has 0 aromatic heterocycles. The van der Waals surface area contributed by atoms with Crippen LogP contribution < -0.4 is 16.0 Å². The van der Waals surface area contributed by atoms with Crippen LogP contribution in [0.2, 0.25) is 0 Å². The highest BCUT2D eigenvalue weighted by atomic mass is 16.3. The van der Waals surface area contributed by atoms with Gasteiger partial charge in [-0.15, -0.1) is 0 Å². The zero-order valence-electron chi connectivity index (χ0n) is 15.3. The van der Waals surface area contributed by atoms with Gasteiger partial charge >= 0.3 is 6.03 Å². The molecule has 6 nitrogen and oxygen atoms in total. The van der Waals surface area contributed by atoms with Crippen molar-refractivity contribution in [3.63, 3.8) is 0 Å². The number of aliphatic hydroxyl groups is 1. The van der Waals surface area contributed by atoms with Crippen LogP contribution in [0.5, 0.6) is 0 Å². The van der Waals surface area contributed by atoms with Gasteiger partial charge in [-0.1, -0.05) is 25.3 Å². The van der Waals surface area contributed by atoms with Gasteiger partial charge in [0.05, 0.1) is 12.1 Å². The van der Waals surface area contributed by atoms with Crippen molar-refractivity contribution in [1.29, 1.82) is 0 Å². The predicted molar refractivity (Wildman–Crippen MR) is 99.7 cm³/mol. The summed E-state index contributed by atoms with van der Waals surface area (Å²) in [6.45, 7) is 5.15. The van der Waals surface area contributed by atoms with E-state index in [2.05, 4.69) is 16.0 Å². The highest BCUT2D eigenvalue weighted by molar-refractivity contribution is 5.93. The summed E-state index contributed by atoms with van der Waals surface area (Å²) < 4.78 is 0. The summed E-state index contributed by atoms with van der Waals surface area (Å²) in [7, 11) is 0. The minimum atomic E-state index is -0.629. The van der Waals surface area contributed by atoms with E-state index < -0.39 is 5.54 Å². The van der Waals surface area contributed by atoms with Gasteiger partial charge in [0.2, 0.25) is 5.91 Å². The van der Waals surface area contributed by atoms with Crippen LogP contribution in [0.4, 0.5) is 16.2 Å². The van der Waals surface area contributed by atoms with E-state index in [9.17, 15) is 14.7 Å². The Labute approximate surface area is 149 Å². The van der Waals surface area contributed by atoms with E-state index in [0.717, 1.165) is 31.2 Å². The lowest BCUT2D eigenvalue weighted by molar-refractivity contribution is -0.114. The number of urea groups is 1. The third-order valence-corrected chi connectivity index (χ3v) is 5.04. The first kappa shape index (κ1) is 19.2. The maximum atomic E-state index is 12.4. The molecule has 0 saturated heterocycles. The van der Waals surface area contributed by atoms with Crippen LogP contribution in [-0.4, -0.2) is 29.2 Å². The monoisotopic (exact) mass is 347 g/mol. The summed E-state index contributed by atoms with van der Waals surface area (Å²) in [5.41, 5.74) is 1.55. The number of aryl methyl sites for hydroxylation is 1. The standard InChI is InChI=1S/C19H29N3O3/c1-13-9-10-16(11-17(13)20-14(2)24)21-18(25)22-19(3,12-23)15-7-5-4-6-8-15/h9-11,15,23H,4-8,12H2,1-3H3,(H,20,24)(H2,21,22,25)/t19-/m0/s1. The topological polar surface area (TPSA) is 90.5 Å². The van der Waals surface area contributed by atoms with E-state index in [-0.39, 0.29) is 24.5 Å². The van der Waals surface area contributed by atoms with Crippen molar-refractivity contribution in [2.24, 2.45) is 5.92 Å². The third kappa shape index (κ3) is 5.19. The van der Waals surface area contributed by atoms with Crippen LogP contribution in [0.15, 0.2) is 18.2 Å². The molecule has 6 heteroatoms. The van der Waals surface area contributed by atoms with Gasteiger partial charge in [0, 0.05) is 18.3 Å². The molecule has 0 spiro atoms. The third-order valence-electron chi connectivity index (χ3n) is 5.04. The Hall–Kier alpha value is -2.08. The van der Waals surface area contributed by atoms with Gasteiger partial charge in [-0.05, 0) is 50.3 Å². The molecule has 1 aliphatic rings. The Morgan fingerprint density at radius 3 is 2.48 bits per heavy atom. The van der Waals surface area contributed by atoms with Crippen molar-refractivity contribution in [1.82, 2.24) is 5.32 Å². The molecule has 1 aromatic carbocycles. The Bertz CT molecular complexity index is 626. The summed E-state index contributed by atoms with van der Waals surface area (Å²) in [6.07, 6.45) is 5.55. The lowest BCUT2D eigenvalue weighted by atomic mass is 9.76. The number of hydrogen-bond acceptors (Lipinski definition) is 3. The molecule has 0 unspecified atom stereocenters. The Kier molecular flexibility index (Phi) is 6.42. The summed E-state index contributed by atoms with van der Waals surface area (Å²) in [5.74, 6) is 0.125. The summed E-state index contributed by atoms with van der Waals surface area (Å²) >= 11 is 0. The van der Waals surface area contributed by atoms with E-state index in [4.69, 9.17) is 0 Å². The molecule has 0 aliphatic heterocycles. The van der Waals surface area contributed by atoms with Crippen LogP contribution in [0.25, 0.3) is 0 Å². The lowest BCUT2D eigenvalue weighted by Gasteiger charge is -2.39. The molecule has 25 heavy (non-hydrogen) atoms. The zero-order chi connectivity index (χ0) is 18.4. The molecule has 2 rings (SSSR count). The van der Waals surface area contributed by atoms with Crippen LogP contribution in [0, 0.1) is 12.8 Å². The van der Waals surface area contributed by atoms with Gasteiger partial charge in [0.15, 0.2) is 0 Å². The maximum Gasteiger partial charge on any atom is 0.319 e. The van der Waals surface area contributed by atoms with Crippen molar-refractivity contribution in [3.05, 3.63) is 23.8 Å². The first-order chi connectivity index (χ1) is 11.8. The van der Waals surface area contributed by atoms with E-state index in [1.54, 1.807) is 12.1 Å². The van der Waals surface area contributed by atoms with Crippen molar-refractivity contribution < 1.29 is 14.7 Å². The van der Waals surface area contributed by atoms with Crippen molar-refractivity contribution >= 4 is 23.3 Å². The van der Waals surface area contributed by atoms with E-state index >= 15 is 0 Å². The Balaban J connectivity index is 2.04. The van der Waals surface area contributed by atoms with Gasteiger partial charge in [0.1, 0.15) is 0 Å². The van der Waals surface area contributed by atoms with Crippen molar-refractivity contribution in [3.8, 4) is 0 Å². The quantitative estimate of drug-likeness (QED) is 0.658. The zero-order valence-corrected chi connectivity index (χ0v) is 15.3. The fraction of sp³-hybridized carbons (Fsp3) is 0.579. The summed E-state index contributed by atoms with van der Waals surface area (Å²) in [4.78, 5) is 23.7. The molecule has 4 N–H and O–H groups in total. The number of anilines is 2. The average Bonchev–Trinajstić information content (AvgIpc) is 2.58. The average molecular weight is 347 g/mol. The molecule has 0 heterocycles. The molecule has 138 valence electrons. The number of amides is 3. The molecule has 0 bridgehead atoms. The van der Waals surface area contributed by atoms with Gasteiger partial charge in [0.25, 0.3) is 0 Å². The SMILES string of the molecule is CC(=O)Nc1cc(NC(=O)N[C@@](C)(CO)C2CCCCC2)ccc1C. The molecular formula is C19H29N3O3. The summed E-state index contributed by atoms with van der Waals surface area (Å²) in [6, 6.07) is 5.01. The second-order valence-electron chi connectivity index (χ2n) is 7.20. The number of rotatable bonds is 5. The first-order valence-electron chi connectivity index (χ1n) is 8.92. The Morgan fingerprint density at radius 2 is 1.88 bits per heavy atom.